The van der Waals surface area contributed by atoms with E-state index in [1.165, 1.54) is 12.0 Å². The Hall–Kier alpha value is -1.81. The van der Waals surface area contributed by atoms with Gasteiger partial charge in [0.15, 0.2) is 5.84 Å². The minimum absolute atomic E-state index is 0.0286. The molecule has 4 N–H and O–H groups in total. The zero-order chi connectivity index (χ0) is 19.0. The van der Waals surface area contributed by atoms with E-state index in [2.05, 4.69) is 22.2 Å². The van der Waals surface area contributed by atoms with Gasteiger partial charge in [-0.15, -0.1) is 0 Å². The van der Waals surface area contributed by atoms with Gasteiger partial charge in [0.25, 0.3) is 0 Å². The number of rotatable bonds is 7. The van der Waals surface area contributed by atoms with Crippen LogP contribution in [-0.2, 0) is 9.57 Å². The second-order valence-electron chi connectivity index (χ2n) is 5.68. The van der Waals surface area contributed by atoms with Gasteiger partial charge in [-0.05, 0) is 27.0 Å². The average Bonchev–Trinajstić information content (AvgIpc) is 2.59. The summed E-state index contributed by atoms with van der Waals surface area (Å²) in [6.45, 7) is 7.47. The number of aliphatic hydroxyl groups is 1. The molecule has 142 valence electrons. The van der Waals surface area contributed by atoms with Crippen molar-refractivity contribution in [3.05, 3.63) is 23.1 Å². The van der Waals surface area contributed by atoms with E-state index in [-0.39, 0.29) is 6.54 Å². The molecule has 0 spiro atoms. The quantitative estimate of drug-likeness (QED) is 0.155. The largest absolute Gasteiger partial charge is 0.414 e. The first-order valence-corrected chi connectivity index (χ1v) is 7.96. The lowest BCUT2D eigenvalue weighted by Gasteiger charge is -2.35. The van der Waals surface area contributed by atoms with Gasteiger partial charge < -0.3 is 20.4 Å². The number of hydrogen-bond donors (Lipinski definition) is 3. The first-order valence-electron chi connectivity index (χ1n) is 7.96. The molecule has 1 unspecified atom stereocenters. The first kappa shape index (κ1) is 21.2. The maximum atomic E-state index is 14.4. The number of hydroxylamine groups is 1. The highest BCUT2D eigenvalue weighted by atomic mass is 19.1. The zero-order valence-electron chi connectivity index (χ0n) is 15.2. The summed E-state index contributed by atoms with van der Waals surface area (Å²) in [5, 5.41) is 9.63. The normalized spacial score (nSPS) is 25.4. The van der Waals surface area contributed by atoms with E-state index in [0.29, 0.717) is 35.8 Å². The van der Waals surface area contributed by atoms with Crippen molar-refractivity contribution in [2.45, 2.75) is 38.9 Å². The molecule has 0 saturated carbocycles. The number of nitrogens with two attached hydrogens (primary N) is 1. The van der Waals surface area contributed by atoms with Gasteiger partial charge in [0, 0.05) is 44.6 Å². The van der Waals surface area contributed by atoms with E-state index in [4.69, 9.17) is 15.3 Å². The van der Waals surface area contributed by atoms with Crippen molar-refractivity contribution in [1.82, 2.24) is 10.4 Å². The van der Waals surface area contributed by atoms with Crippen LogP contribution in [0.4, 0.5) is 4.39 Å². The van der Waals surface area contributed by atoms with Crippen LogP contribution in [0.3, 0.4) is 0 Å². The van der Waals surface area contributed by atoms with Crippen molar-refractivity contribution in [3.63, 3.8) is 0 Å². The van der Waals surface area contributed by atoms with E-state index in [9.17, 15) is 9.50 Å². The SMILES string of the molecule is C=NC(=N[C@H]1CCN(C(O)OC)C[C@H]1F)C(C)=C(N)/C=C(\C)ONC. The number of aliphatic imine (C=N–C) groups is 2. The van der Waals surface area contributed by atoms with E-state index >= 15 is 0 Å². The van der Waals surface area contributed by atoms with E-state index in [0.717, 1.165) is 0 Å². The molecule has 8 nitrogen and oxygen atoms in total. The number of hydrogen-bond acceptors (Lipinski definition) is 7. The number of aliphatic hydroxyl groups excluding tert-OH is 1. The van der Waals surface area contributed by atoms with Crippen LogP contribution >= 0.6 is 0 Å². The Morgan fingerprint density at radius 3 is 2.72 bits per heavy atom. The molecule has 0 aromatic carbocycles. The maximum Gasteiger partial charge on any atom is 0.215 e. The molecule has 0 aromatic heterocycles. The molecule has 25 heavy (non-hydrogen) atoms. The molecule has 1 aliphatic rings. The van der Waals surface area contributed by atoms with Gasteiger partial charge in [0.05, 0.1) is 6.04 Å². The molecule has 0 amide bonds. The van der Waals surface area contributed by atoms with E-state index in [1.54, 1.807) is 27.0 Å². The summed E-state index contributed by atoms with van der Waals surface area (Å²) in [6, 6.07) is -0.581. The van der Waals surface area contributed by atoms with Crippen LogP contribution in [0.25, 0.3) is 0 Å². The standard InChI is InChI=1S/C16H28FN5O3/c1-10(25-20-4)8-13(18)11(2)15(19-3)21-14-6-7-22(9-12(14)17)16(23)24-5/h8,12,14,16,20,23H,3,6-7,9,18H2,1-2,4-5H3/b10-8+,13-11?,21-15?/t12-,14+,16?/m1/s1. The fourth-order valence-electron chi connectivity index (χ4n) is 2.47. The highest BCUT2D eigenvalue weighted by Crippen LogP contribution is 2.20. The Morgan fingerprint density at radius 2 is 2.20 bits per heavy atom. The molecule has 1 heterocycles. The summed E-state index contributed by atoms with van der Waals surface area (Å²) < 4.78 is 19.2. The van der Waals surface area contributed by atoms with Crippen molar-refractivity contribution in [2.75, 3.05) is 27.2 Å². The topological polar surface area (TPSA) is 105 Å². The number of methoxy groups -OCH3 is 1. The van der Waals surface area contributed by atoms with Crippen LogP contribution in [0.5, 0.6) is 0 Å². The smallest absolute Gasteiger partial charge is 0.215 e. The third-order valence-electron chi connectivity index (χ3n) is 3.89. The van der Waals surface area contributed by atoms with Crippen LogP contribution < -0.4 is 11.2 Å². The first-order chi connectivity index (χ1) is 11.8. The molecular weight excluding hydrogens is 329 g/mol. The number of likely N-dealkylation sites (tertiary alicyclic amines) is 1. The lowest BCUT2D eigenvalue weighted by molar-refractivity contribution is -0.187. The van der Waals surface area contributed by atoms with Gasteiger partial charge in [0.2, 0.25) is 6.41 Å². The Balaban J connectivity index is 2.92. The number of halogens is 1. The van der Waals surface area contributed by atoms with Crippen molar-refractivity contribution < 1.29 is 19.1 Å². The van der Waals surface area contributed by atoms with Crippen molar-refractivity contribution in [2.24, 2.45) is 15.7 Å². The van der Waals surface area contributed by atoms with Crippen LogP contribution in [0.1, 0.15) is 20.3 Å². The van der Waals surface area contributed by atoms with Gasteiger partial charge in [-0.25, -0.2) is 9.38 Å². The van der Waals surface area contributed by atoms with E-state index in [1.807, 2.05) is 0 Å². The number of nitrogens with one attached hydrogen (secondary N) is 1. The van der Waals surface area contributed by atoms with Crippen molar-refractivity contribution in [1.29, 1.82) is 0 Å². The summed E-state index contributed by atoms with van der Waals surface area (Å²) in [4.78, 5) is 14.9. The average molecular weight is 357 g/mol. The number of allylic oxidation sites excluding steroid dienone is 2. The van der Waals surface area contributed by atoms with Crippen LogP contribution in [0.15, 0.2) is 33.1 Å². The fourth-order valence-corrected chi connectivity index (χ4v) is 2.47. The molecular formula is C16H28FN5O3. The molecule has 0 radical (unpaired) electrons. The molecule has 9 heteroatoms. The van der Waals surface area contributed by atoms with Gasteiger partial charge in [-0.3, -0.25) is 9.89 Å². The van der Waals surface area contributed by atoms with Crippen LogP contribution in [0.2, 0.25) is 0 Å². The third kappa shape index (κ3) is 6.20. The number of amidine groups is 1. The van der Waals surface area contributed by atoms with Crippen molar-refractivity contribution >= 4 is 12.6 Å². The van der Waals surface area contributed by atoms with Gasteiger partial charge >= 0.3 is 0 Å². The second-order valence-corrected chi connectivity index (χ2v) is 5.68. The lowest BCUT2D eigenvalue weighted by Crippen LogP contribution is -2.49. The number of piperidine rings is 1. The van der Waals surface area contributed by atoms with Crippen LogP contribution in [0, 0.1) is 0 Å². The summed E-state index contributed by atoms with van der Waals surface area (Å²) in [7, 11) is 3.00. The summed E-state index contributed by atoms with van der Waals surface area (Å²) in [5.41, 5.74) is 9.55. The van der Waals surface area contributed by atoms with Gasteiger partial charge in [0.1, 0.15) is 11.9 Å². The summed E-state index contributed by atoms with van der Waals surface area (Å²) in [5.74, 6) is 0.854. The Kier molecular flexibility index (Phi) is 8.70. The Morgan fingerprint density at radius 1 is 1.52 bits per heavy atom. The highest BCUT2D eigenvalue weighted by molar-refractivity contribution is 6.01. The van der Waals surface area contributed by atoms with Gasteiger partial charge in [-0.1, -0.05) is 0 Å². The van der Waals surface area contributed by atoms with Crippen LogP contribution in [-0.4, -0.2) is 68.4 Å². The highest BCUT2D eigenvalue weighted by Gasteiger charge is 2.32. The number of nitrogens with zero attached hydrogens (tertiary/aromatic N) is 3. The maximum absolute atomic E-state index is 14.4. The molecule has 0 bridgehead atoms. The monoisotopic (exact) mass is 357 g/mol. The predicted molar refractivity (Wildman–Crippen MR) is 95.7 cm³/mol. The molecule has 1 saturated heterocycles. The third-order valence-corrected chi connectivity index (χ3v) is 3.89. The zero-order valence-corrected chi connectivity index (χ0v) is 15.2. The fraction of sp³-hybridized carbons (Fsp3) is 0.625. The second kappa shape index (κ2) is 10.2. The predicted octanol–water partition coefficient (Wildman–Crippen LogP) is 0.708. The number of alkyl halides is 1. The Bertz CT molecular complexity index is 550. The molecule has 1 rings (SSSR count). The molecule has 1 fully saturated rings. The minimum Gasteiger partial charge on any atom is -0.414 e. The van der Waals surface area contributed by atoms with E-state index < -0.39 is 18.6 Å². The Labute approximate surface area is 147 Å². The minimum atomic E-state index is -1.26. The lowest BCUT2D eigenvalue weighted by atomic mass is 10.0. The molecule has 1 aliphatic heterocycles. The van der Waals surface area contributed by atoms with Crippen molar-refractivity contribution in [3.8, 4) is 0 Å². The van der Waals surface area contributed by atoms with Gasteiger partial charge in [-0.2, -0.15) is 5.48 Å². The summed E-state index contributed by atoms with van der Waals surface area (Å²) >= 11 is 0. The molecule has 3 atom stereocenters. The summed E-state index contributed by atoms with van der Waals surface area (Å²) in [6.07, 6.45) is -0.324. The number of ether oxygens (including phenoxy) is 1. The molecule has 0 aromatic rings. The molecule has 0 aliphatic carbocycles.